The number of halogens is 1. The summed E-state index contributed by atoms with van der Waals surface area (Å²) in [4.78, 5) is 6.44. The van der Waals surface area contributed by atoms with Crippen molar-refractivity contribution < 1.29 is 4.74 Å². The number of likely N-dealkylation sites (N-methyl/N-ethyl adjacent to an activating group) is 1. The van der Waals surface area contributed by atoms with Crippen LogP contribution < -0.4 is 9.64 Å². The predicted molar refractivity (Wildman–Crippen MR) is 81.7 cm³/mol. The number of aromatic nitrogens is 1. The Morgan fingerprint density at radius 3 is 2.79 bits per heavy atom. The summed E-state index contributed by atoms with van der Waals surface area (Å²) >= 11 is 7.43. The number of ether oxygens (including phenoxy) is 1. The minimum absolute atomic E-state index is 0.318. The minimum atomic E-state index is 0.318. The molecule has 0 spiro atoms. The lowest BCUT2D eigenvalue weighted by Crippen LogP contribution is -2.30. The highest BCUT2D eigenvalue weighted by Crippen LogP contribution is 2.26. The Morgan fingerprint density at radius 2 is 2.16 bits per heavy atom. The van der Waals surface area contributed by atoms with E-state index in [-0.39, 0.29) is 0 Å². The highest BCUT2D eigenvalue weighted by atomic mass is 35.5. The largest absolute Gasteiger partial charge is 0.496 e. The van der Waals surface area contributed by atoms with Crippen molar-refractivity contribution in [3.63, 3.8) is 0 Å². The molecule has 0 saturated heterocycles. The smallest absolute Gasteiger partial charge is 0.186 e. The minimum Gasteiger partial charge on any atom is -0.496 e. The Kier molecular flexibility index (Phi) is 4.66. The zero-order chi connectivity index (χ0) is 13.8. The SMILES string of the molecule is COc1ccccc1CC(C)N(C)c1nc(Cl)cs1. The van der Waals surface area contributed by atoms with Gasteiger partial charge in [-0.25, -0.2) is 4.98 Å². The summed E-state index contributed by atoms with van der Waals surface area (Å²) in [7, 11) is 3.74. The molecule has 0 saturated carbocycles. The summed E-state index contributed by atoms with van der Waals surface area (Å²) in [5, 5.41) is 3.34. The van der Waals surface area contributed by atoms with E-state index in [9.17, 15) is 0 Å². The molecule has 5 heteroatoms. The number of rotatable bonds is 5. The number of hydrogen-bond donors (Lipinski definition) is 0. The molecule has 1 aromatic carbocycles. The maximum atomic E-state index is 5.87. The molecule has 1 unspecified atom stereocenters. The van der Waals surface area contributed by atoms with Gasteiger partial charge in [0.15, 0.2) is 5.13 Å². The van der Waals surface area contributed by atoms with Crippen LogP contribution in [0, 0.1) is 0 Å². The molecule has 0 aliphatic rings. The molecule has 0 radical (unpaired) electrons. The third-order valence-corrected chi connectivity index (χ3v) is 4.39. The number of nitrogens with zero attached hydrogens (tertiary/aromatic N) is 2. The Hall–Kier alpha value is -1.26. The fourth-order valence-electron chi connectivity index (χ4n) is 1.92. The van der Waals surface area contributed by atoms with Crippen molar-refractivity contribution in [1.29, 1.82) is 0 Å². The predicted octanol–water partition coefficient (Wildman–Crippen LogP) is 3.87. The van der Waals surface area contributed by atoms with Crippen molar-refractivity contribution in [2.24, 2.45) is 0 Å². The van der Waals surface area contributed by atoms with Crippen LogP contribution in [-0.2, 0) is 6.42 Å². The molecule has 0 N–H and O–H groups in total. The van der Waals surface area contributed by atoms with Gasteiger partial charge in [-0.1, -0.05) is 29.8 Å². The summed E-state index contributed by atoms with van der Waals surface area (Å²) in [5.41, 5.74) is 1.20. The van der Waals surface area contributed by atoms with Gasteiger partial charge in [0.2, 0.25) is 0 Å². The van der Waals surface area contributed by atoms with Crippen molar-refractivity contribution in [2.45, 2.75) is 19.4 Å². The fraction of sp³-hybridized carbons (Fsp3) is 0.357. The van der Waals surface area contributed by atoms with Gasteiger partial charge in [-0.2, -0.15) is 0 Å². The Morgan fingerprint density at radius 1 is 1.42 bits per heavy atom. The monoisotopic (exact) mass is 296 g/mol. The van der Waals surface area contributed by atoms with Crippen molar-refractivity contribution in [2.75, 3.05) is 19.1 Å². The maximum Gasteiger partial charge on any atom is 0.186 e. The van der Waals surface area contributed by atoms with Crippen LogP contribution in [0.15, 0.2) is 29.6 Å². The average molecular weight is 297 g/mol. The van der Waals surface area contributed by atoms with E-state index in [2.05, 4.69) is 22.9 Å². The van der Waals surface area contributed by atoms with Crippen LogP contribution in [0.4, 0.5) is 5.13 Å². The van der Waals surface area contributed by atoms with E-state index in [1.807, 2.05) is 30.6 Å². The first kappa shape index (κ1) is 14.2. The van der Waals surface area contributed by atoms with Gasteiger partial charge in [0, 0.05) is 18.5 Å². The van der Waals surface area contributed by atoms with Crippen molar-refractivity contribution in [3.8, 4) is 5.75 Å². The molecule has 2 aromatic rings. The standard InChI is InChI=1S/C14H17ClN2OS/c1-10(17(2)14-16-13(15)9-19-14)8-11-6-4-5-7-12(11)18-3/h4-7,9-10H,8H2,1-3H3. The first-order valence-electron chi connectivity index (χ1n) is 6.07. The maximum absolute atomic E-state index is 5.87. The lowest BCUT2D eigenvalue weighted by atomic mass is 10.1. The Balaban J connectivity index is 2.10. The van der Waals surface area contributed by atoms with E-state index in [0.29, 0.717) is 11.2 Å². The number of anilines is 1. The third-order valence-electron chi connectivity index (χ3n) is 3.13. The second-order valence-corrected chi connectivity index (χ2v) is 5.65. The number of para-hydroxylation sites is 1. The van der Waals surface area contributed by atoms with Crippen molar-refractivity contribution in [1.82, 2.24) is 4.98 Å². The van der Waals surface area contributed by atoms with Crippen molar-refractivity contribution >= 4 is 28.1 Å². The average Bonchev–Trinajstić information content (AvgIpc) is 2.85. The summed E-state index contributed by atoms with van der Waals surface area (Å²) < 4.78 is 5.38. The van der Waals surface area contributed by atoms with Gasteiger partial charge in [0.25, 0.3) is 0 Å². The molecule has 2 rings (SSSR count). The molecule has 19 heavy (non-hydrogen) atoms. The van der Waals surface area contributed by atoms with E-state index in [0.717, 1.165) is 17.3 Å². The number of hydrogen-bond acceptors (Lipinski definition) is 4. The Bertz CT molecular complexity index is 544. The molecule has 3 nitrogen and oxygen atoms in total. The third kappa shape index (κ3) is 3.39. The van der Waals surface area contributed by atoms with Crippen molar-refractivity contribution in [3.05, 3.63) is 40.4 Å². The van der Waals surface area contributed by atoms with E-state index in [1.54, 1.807) is 18.4 Å². The lowest BCUT2D eigenvalue weighted by Gasteiger charge is -2.24. The fourth-order valence-corrected chi connectivity index (χ4v) is 2.94. The van der Waals surface area contributed by atoms with Gasteiger partial charge in [0.05, 0.1) is 7.11 Å². The molecule has 102 valence electrons. The molecule has 0 aliphatic carbocycles. The molecule has 1 aromatic heterocycles. The Labute approximate surface area is 122 Å². The second kappa shape index (κ2) is 6.26. The van der Waals surface area contributed by atoms with Crippen LogP contribution in [-0.4, -0.2) is 25.2 Å². The number of methoxy groups -OCH3 is 1. The van der Waals surface area contributed by atoms with E-state index in [4.69, 9.17) is 16.3 Å². The van der Waals surface area contributed by atoms with E-state index in [1.165, 1.54) is 5.56 Å². The summed E-state index contributed by atoms with van der Waals surface area (Å²) in [6.07, 6.45) is 0.901. The highest BCUT2D eigenvalue weighted by molar-refractivity contribution is 7.14. The van der Waals surface area contributed by atoms with Gasteiger partial charge < -0.3 is 9.64 Å². The van der Waals surface area contributed by atoms with Gasteiger partial charge in [-0.05, 0) is 25.0 Å². The normalized spacial score (nSPS) is 12.2. The molecule has 0 amide bonds. The van der Waals surface area contributed by atoms with Crippen LogP contribution in [0.2, 0.25) is 5.15 Å². The first-order chi connectivity index (χ1) is 9.11. The van der Waals surface area contributed by atoms with Crippen LogP contribution >= 0.6 is 22.9 Å². The highest BCUT2D eigenvalue weighted by Gasteiger charge is 2.15. The molecular formula is C14H17ClN2OS. The zero-order valence-corrected chi connectivity index (χ0v) is 12.8. The molecular weight excluding hydrogens is 280 g/mol. The van der Waals surface area contributed by atoms with Gasteiger partial charge in [0.1, 0.15) is 10.9 Å². The number of benzene rings is 1. The molecule has 1 heterocycles. The second-order valence-electron chi connectivity index (χ2n) is 4.43. The van der Waals surface area contributed by atoms with Gasteiger partial charge in [-0.3, -0.25) is 0 Å². The van der Waals surface area contributed by atoms with Gasteiger partial charge in [-0.15, -0.1) is 11.3 Å². The van der Waals surface area contributed by atoms with Crippen LogP contribution in [0.25, 0.3) is 0 Å². The van der Waals surface area contributed by atoms with Crippen LogP contribution in [0.5, 0.6) is 5.75 Å². The first-order valence-corrected chi connectivity index (χ1v) is 7.33. The van der Waals surface area contributed by atoms with E-state index < -0.39 is 0 Å². The summed E-state index contributed by atoms with van der Waals surface area (Å²) in [6.45, 7) is 2.17. The van der Waals surface area contributed by atoms with Crippen LogP contribution in [0.3, 0.4) is 0 Å². The van der Waals surface area contributed by atoms with E-state index >= 15 is 0 Å². The molecule has 0 fully saturated rings. The topological polar surface area (TPSA) is 25.4 Å². The summed E-state index contributed by atoms with van der Waals surface area (Å²) in [6, 6.07) is 8.42. The quantitative estimate of drug-likeness (QED) is 0.837. The molecule has 1 atom stereocenters. The number of thiazole rings is 1. The summed E-state index contributed by atoms with van der Waals surface area (Å²) in [5.74, 6) is 0.930. The van der Waals surface area contributed by atoms with Crippen LogP contribution in [0.1, 0.15) is 12.5 Å². The molecule has 0 bridgehead atoms. The molecule has 0 aliphatic heterocycles. The zero-order valence-electron chi connectivity index (χ0n) is 11.3. The van der Waals surface area contributed by atoms with Gasteiger partial charge >= 0.3 is 0 Å². The lowest BCUT2D eigenvalue weighted by molar-refractivity contribution is 0.408.